The Hall–Kier alpha value is -1.45. The van der Waals surface area contributed by atoms with Crippen molar-refractivity contribution in [1.29, 1.82) is 0 Å². The van der Waals surface area contributed by atoms with Crippen LogP contribution in [-0.2, 0) is 0 Å². The number of carbonyl (C=O) groups is 1. The molecule has 2 nitrogen and oxygen atoms in total. The van der Waals surface area contributed by atoms with E-state index >= 15 is 0 Å². The van der Waals surface area contributed by atoms with Gasteiger partial charge >= 0.3 is 6.61 Å². The number of hydrogen-bond donors (Lipinski definition) is 0. The van der Waals surface area contributed by atoms with Crippen molar-refractivity contribution >= 4 is 5.78 Å². The van der Waals surface area contributed by atoms with Gasteiger partial charge in [0.15, 0.2) is 5.78 Å². The Labute approximate surface area is 117 Å². The molecule has 0 spiro atoms. The molecule has 0 radical (unpaired) electrons. The van der Waals surface area contributed by atoms with Crippen LogP contribution in [0.4, 0.5) is 8.78 Å². The van der Waals surface area contributed by atoms with Gasteiger partial charge in [-0.15, -0.1) is 0 Å². The van der Waals surface area contributed by atoms with E-state index in [1.165, 1.54) is 25.3 Å². The molecule has 1 aromatic rings. The van der Waals surface area contributed by atoms with Crippen LogP contribution in [0.2, 0.25) is 0 Å². The van der Waals surface area contributed by atoms with Crippen molar-refractivity contribution in [2.75, 3.05) is 0 Å². The van der Waals surface area contributed by atoms with Gasteiger partial charge in [-0.3, -0.25) is 4.79 Å². The van der Waals surface area contributed by atoms with Crippen LogP contribution >= 0.6 is 0 Å². The summed E-state index contributed by atoms with van der Waals surface area (Å²) in [6.45, 7) is -2.90. The van der Waals surface area contributed by atoms with Crippen LogP contribution in [0.1, 0.15) is 42.5 Å². The van der Waals surface area contributed by atoms with Gasteiger partial charge in [-0.25, -0.2) is 0 Å². The molecule has 0 amide bonds. The summed E-state index contributed by atoms with van der Waals surface area (Å²) in [5.41, 5.74) is 0.288. The molecule has 3 rings (SSSR count). The molecule has 108 valence electrons. The fourth-order valence-corrected chi connectivity index (χ4v) is 3.87. The van der Waals surface area contributed by atoms with Gasteiger partial charge in [0.05, 0.1) is 5.56 Å². The molecule has 0 aromatic heterocycles. The fourth-order valence-electron chi connectivity index (χ4n) is 3.87. The molecule has 3 atom stereocenters. The summed E-state index contributed by atoms with van der Waals surface area (Å²) < 4.78 is 29.2. The minimum absolute atomic E-state index is 0.00402. The molecule has 0 N–H and O–H groups in total. The van der Waals surface area contributed by atoms with Crippen LogP contribution < -0.4 is 4.74 Å². The summed E-state index contributed by atoms with van der Waals surface area (Å²) in [6.07, 6.45) is 5.34. The van der Waals surface area contributed by atoms with E-state index < -0.39 is 6.61 Å². The highest BCUT2D eigenvalue weighted by Crippen LogP contribution is 2.49. The molecule has 20 heavy (non-hydrogen) atoms. The van der Waals surface area contributed by atoms with Crippen molar-refractivity contribution < 1.29 is 18.3 Å². The van der Waals surface area contributed by atoms with Crippen molar-refractivity contribution in [2.45, 2.75) is 38.7 Å². The molecule has 4 heteroatoms. The van der Waals surface area contributed by atoms with E-state index in [1.54, 1.807) is 18.2 Å². The Morgan fingerprint density at radius 2 is 2.05 bits per heavy atom. The number of alkyl halides is 2. The monoisotopic (exact) mass is 280 g/mol. The highest BCUT2D eigenvalue weighted by Gasteiger charge is 2.40. The van der Waals surface area contributed by atoms with E-state index in [-0.39, 0.29) is 17.1 Å². The van der Waals surface area contributed by atoms with Crippen molar-refractivity contribution in [1.82, 2.24) is 0 Å². The first kappa shape index (κ1) is 13.5. The van der Waals surface area contributed by atoms with Gasteiger partial charge in [-0.1, -0.05) is 18.6 Å². The van der Waals surface area contributed by atoms with Crippen LogP contribution in [0.5, 0.6) is 5.75 Å². The number of benzene rings is 1. The molecular formula is C16H18F2O2. The van der Waals surface area contributed by atoms with E-state index in [0.717, 1.165) is 12.3 Å². The number of halogens is 2. The number of ether oxygens (including phenoxy) is 1. The minimum atomic E-state index is -2.90. The molecule has 2 bridgehead atoms. The lowest BCUT2D eigenvalue weighted by Crippen LogP contribution is -2.16. The maximum Gasteiger partial charge on any atom is 0.387 e. The predicted molar refractivity (Wildman–Crippen MR) is 71.0 cm³/mol. The lowest BCUT2D eigenvalue weighted by atomic mass is 9.84. The number of hydrogen-bond acceptors (Lipinski definition) is 2. The maximum atomic E-state index is 12.4. The lowest BCUT2D eigenvalue weighted by Gasteiger charge is -2.21. The largest absolute Gasteiger partial charge is 0.434 e. The predicted octanol–water partition coefficient (Wildman–Crippen LogP) is 4.30. The molecule has 3 unspecified atom stereocenters. The van der Waals surface area contributed by atoms with Gasteiger partial charge in [-0.05, 0) is 49.1 Å². The number of fused-ring (bicyclic) bond motifs is 2. The van der Waals surface area contributed by atoms with Crippen LogP contribution in [0, 0.1) is 17.8 Å². The van der Waals surface area contributed by atoms with Crippen molar-refractivity contribution in [3.8, 4) is 5.75 Å². The normalized spacial score (nSPS) is 28.1. The lowest BCUT2D eigenvalue weighted by molar-refractivity contribution is -0.0501. The van der Waals surface area contributed by atoms with Crippen LogP contribution in [0.25, 0.3) is 0 Å². The molecule has 0 aliphatic heterocycles. The molecular weight excluding hydrogens is 262 g/mol. The summed E-state index contributed by atoms with van der Waals surface area (Å²) in [5, 5.41) is 0. The third kappa shape index (κ3) is 2.69. The second-order valence-electron chi connectivity index (χ2n) is 5.94. The molecule has 0 heterocycles. The number of para-hydroxylation sites is 1. The Balaban J connectivity index is 1.70. The van der Waals surface area contributed by atoms with Gasteiger partial charge in [-0.2, -0.15) is 8.78 Å². The second-order valence-corrected chi connectivity index (χ2v) is 5.94. The number of ketones is 1. The highest BCUT2D eigenvalue weighted by atomic mass is 19.3. The smallest absolute Gasteiger partial charge is 0.387 e. The zero-order valence-electron chi connectivity index (χ0n) is 11.2. The van der Waals surface area contributed by atoms with Crippen LogP contribution in [0.3, 0.4) is 0 Å². The summed E-state index contributed by atoms with van der Waals surface area (Å²) in [4.78, 5) is 12.4. The highest BCUT2D eigenvalue weighted by molar-refractivity contribution is 5.98. The van der Waals surface area contributed by atoms with Crippen molar-refractivity contribution in [3.05, 3.63) is 29.8 Å². The Morgan fingerprint density at radius 3 is 2.70 bits per heavy atom. The Morgan fingerprint density at radius 1 is 1.25 bits per heavy atom. The first-order chi connectivity index (χ1) is 9.63. The molecule has 2 fully saturated rings. The number of carbonyl (C=O) groups excluding carboxylic acids is 1. The molecule has 2 aliphatic rings. The number of rotatable bonds is 5. The first-order valence-corrected chi connectivity index (χ1v) is 7.20. The molecule has 2 aliphatic carbocycles. The van der Waals surface area contributed by atoms with Gasteiger partial charge in [0.1, 0.15) is 5.75 Å². The van der Waals surface area contributed by atoms with Gasteiger partial charge in [0.2, 0.25) is 0 Å². The minimum Gasteiger partial charge on any atom is -0.434 e. The second kappa shape index (κ2) is 5.51. The van der Waals surface area contributed by atoms with E-state index in [9.17, 15) is 13.6 Å². The van der Waals surface area contributed by atoms with E-state index in [0.29, 0.717) is 18.3 Å². The van der Waals surface area contributed by atoms with Crippen molar-refractivity contribution in [2.24, 2.45) is 17.8 Å². The zero-order chi connectivity index (χ0) is 14.1. The van der Waals surface area contributed by atoms with E-state index in [1.807, 2.05) is 0 Å². The maximum absolute atomic E-state index is 12.4. The number of Topliss-reactive ketones (excluding diaryl/α,β-unsaturated/α-hetero) is 1. The summed E-state index contributed by atoms with van der Waals surface area (Å²) >= 11 is 0. The summed E-state index contributed by atoms with van der Waals surface area (Å²) in [5.74, 6) is 1.80. The third-order valence-electron chi connectivity index (χ3n) is 4.74. The first-order valence-electron chi connectivity index (χ1n) is 7.20. The van der Waals surface area contributed by atoms with Gasteiger partial charge < -0.3 is 4.74 Å². The zero-order valence-corrected chi connectivity index (χ0v) is 11.2. The SMILES string of the molecule is O=C(CC1CC2CCC1C2)c1ccccc1OC(F)F. The molecule has 2 saturated carbocycles. The third-order valence-corrected chi connectivity index (χ3v) is 4.74. The van der Waals surface area contributed by atoms with E-state index in [4.69, 9.17) is 0 Å². The van der Waals surface area contributed by atoms with Gasteiger partial charge in [0, 0.05) is 6.42 Å². The van der Waals surface area contributed by atoms with Crippen LogP contribution in [-0.4, -0.2) is 12.4 Å². The average Bonchev–Trinajstić information content (AvgIpc) is 3.00. The van der Waals surface area contributed by atoms with Crippen LogP contribution in [0.15, 0.2) is 24.3 Å². The van der Waals surface area contributed by atoms with Crippen molar-refractivity contribution in [3.63, 3.8) is 0 Å². The van der Waals surface area contributed by atoms with Gasteiger partial charge in [0.25, 0.3) is 0 Å². The fraction of sp³-hybridized carbons (Fsp3) is 0.562. The topological polar surface area (TPSA) is 26.3 Å². The standard InChI is InChI=1S/C16H18F2O2/c17-16(18)20-15-4-2-1-3-13(15)14(19)9-12-8-10-5-6-11(12)7-10/h1-4,10-12,16H,5-9H2. The Bertz CT molecular complexity index is 501. The average molecular weight is 280 g/mol. The molecule has 1 aromatic carbocycles. The molecule has 0 saturated heterocycles. The Kier molecular flexibility index (Phi) is 3.72. The summed E-state index contributed by atoms with van der Waals surface area (Å²) in [7, 11) is 0. The quantitative estimate of drug-likeness (QED) is 0.752. The summed E-state index contributed by atoms with van der Waals surface area (Å²) in [6, 6.07) is 6.30. The van der Waals surface area contributed by atoms with E-state index in [2.05, 4.69) is 4.74 Å².